The van der Waals surface area contributed by atoms with Crippen LogP contribution in [-0.4, -0.2) is 33.0 Å². The fourth-order valence-electron chi connectivity index (χ4n) is 1.04. The lowest BCUT2D eigenvalue weighted by Crippen LogP contribution is -2.05. The predicted octanol–water partition coefficient (Wildman–Crippen LogP) is 1.15. The maximum absolute atomic E-state index is 10.9. The van der Waals surface area contributed by atoms with Gasteiger partial charge in [0.25, 0.3) is 0 Å². The van der Waals surface area contributed by atoms with E-state index in [9.17, 15) is 13.2 Å². The molecule has 0 N–H and O–H groups in total. The number of ether oxygens (including phenoxy) is 1. The van der Waals surface area contributed by atoms with Crippen molar-refractivity contribution in [1.29, 1.82) is 0 Å². The van der Waals surface area contributed by atoms with Crippen LogP contribution in [0.1, 0.15) is 32.6 Å². The van der Waals surface area contributed by atoms with E-state index in [0.29, 0.717) is 25.9 Å². The van der Waals surface area contributed by atoms with Gasteiger partial charge in [-0.15, -0.1) is 0 Å². The number of sulfone groups is 1. The van der Waals surface area contributed by atoms with E-state index in [2.05, 4.69) is 0 Å². The number of hydrogen-bond acceptors (Lipinski definition) is 4. The molecule has 0 radical (unpaired) electrons. The molecule has 0 aliphatic carbocycles. The van der Waals surface area contributed by atoms with Crippen LogP contribution in [0.15, 0.2) is 0 Å². The molecule has 0 aliphatic heterocycles. The van der Waals surface area contributed by atoms with Gasteiger partial charge in [0.1, 0.15) is 9.84 Å². The molecule has 0 heterocycles. The standard InChI is InChI=1S/C9H18O4S/c1-3-13-9(10)7-5-4-6-8-14(2,11)12/h3-8H2,1-2H3. The van der Waals surface area contributed by atoms with Gasteiger partial charge in [0.05, 0.1) is 6.61 Å². The molecule has 0 aromatic carbocycles. The number of unbranched alkanes of at least 4 members (excludes halogenated alkanes) is 2. The Morgan fingerprint density at radius 1 is 1.21 bits per heavy atom. The third-order valence-electron chi connectivity index (χ3n) is 1.70. The van der Waals surface area contributed by atoms with Gasteiger partial charge in [-0.3, -0.25) is 4.79 Å². The van der Waals surface area contributed by atoms with Crippen molar-refractivity contribution >= 4 is 15.8 Å². The number of rotatable bonds is 7. The lowest BCUT2D eigenvalue weighted by atomic mass is 10.2. The van der Waals surface area contributed by atoms with E-state index >= 15 is 0 Å². The van der Waals surface area contributed by atoms with Gasteiger partial charge < -0.3 is 4.74 Å². The van der Waals surface area contributed by atoms with Crippen molar-refractivity contribution in [2.45, 2.75) is 32.6 Å². The molecule has 0 saturated carbocycles. The molecule has 0 bridgehead atoms. The molecule has 84 valence electrons. The van der Waals surface area contributed by atoms with E-state index in [1.54, 1.807) is 6.92 Å². The molecule has 0 rings (SSSR count). The van der Waals surface area contributed by atoms with Gasteiger partial charge in [-0.05, 0) is 19.8 Å². The zero-order valence-corrected chi connectivity index (χ0v) is 9.60. The molecule has 5 heteroatoms. The van der Waals surface area contributed by atoms with Crippen LogP contribution in [0.3, 0.4) is 0 Å². The van der Waals surface area contributed by atoms with Gasteiger partial charge in [0, 0.05) is 18.4 Å². The highest BCUT2D eigenvalue weighted by Gasteiger charge is 2.03. The first-order chi connectivity index (χ1) is 6.45. The van der Waals surface area contributed by atoms with E-state index in [1.165, 1.54) is 6.26 Å². The predicted molar refractivity (Wildman–Crippen MR) is 54.8 cm³/mol. The van der Waals surface area contributed by atoms with Crippen LogP contribution in [0.4, 0.5) is 0 Å². The average Bonchev–Trinajstić information content (AvgIpc) is 2.02. The van der Waals surface area contributed by atoms with E-state index in [4.69, 9.17) is 4.74 Å². The minimum absolute atomic E-state index is 0.202. The second-order valence-electron chi connectivity index (χ2n) is 3.25. The summed E-state index contributed by atoms with van der Waals surface area (Å²) in [7, 11) is -2.85. The lowest BCUT2D eigenvalue weighted by molar-refractivity contribution is -0.143. The third kappa shape index (κ3) is 9.51. The molecule has 0 atom stereocenters. The second-order valence-corrected chi connectivity index (χ2v) is 5.51. The van der Waals surface area contributed by atoms with Crippen LogP contribution in [0, 0.1) is 0 Å². The Bertz CT molecular complexity index is 256. The van der Waals surface area contributed by atoms with Crippen molar-refractivity contribution in [2.24, 2.45) is 0 Å². The zero-order valence-electron chi connectivity index (χ0n) is 8.78. The Hall–Kier alpha value is -0.580. The van der Waals surface area contributed by atoms with Crippen molar-refractivity contribution in [3.63, 3.8) is 0 Å². The van der Waals surface area contributed by atoms with Crippen molar-refractivity contribution in [2.75, 3.05) is 18.6 Å². The zero-order chi connectivity index (χ0) is 11.0. The van der Waals surface area contributed by atoms with Crippen LogP contribution >= 0.6 is 0 Å². The van der Waals surface area contributed by atoms with Crippen LogP contribution < -0.4 is 0 Å². The number of hydrogen-bond donors (Lipinski definition) is 0. The van der Waals surface area contributed by atoms with Gasteiger partial charge >= 0.3 is 5.97 Å². The third-order valence-corrected chi connectivity index (χ3v) is 2.73. The average molecular weight is 222 g/mol. The number of carbonyl (C=O) groups is 1. The molecule has 0 spiro atoms. The molecule has 0 aromatic heterocycles. The van der Waals surface area contributed by atoms with E-state index in [0.717, 1.165) is 6.42 Å². The summed E-state index contributed by atoms with van der Waals surface area (Å²) in [6, 6.07) is 0. The highest BCUT2D eigenvalue weighted by Crippen LogP contribution is 2.03. The number of esters is 1. The number of carbonyl (C=O) groups excluding carboxylic acids is 1. The second kappa shape index (κ2) is 6.81. The molecule has 4 nitrogen and oxygen atoms in total. The molecule has 0 amide bonds. The van der Waals surface area contributed by atoms with Crippen LogP contribution in [0.2, 0.25) is 0 Å². The summed E-state index contributed by atoms with van der Waals surface area (Å²) in [6.07, 6.45) is 3.69. The van der Waals surface area contributed by atoms with Gasteiger partial charge in [-0.2, -0.15) is 0 Å². The van der Waals surface area contributed by atoms with Gasteiger partial charge in [0.2, 0.25) is 0 Å². The molecule has 0 fully saturated rings. The molecule has 14 heavy (non-hydrogen) atoms. The molecule has 0 aromatic rings. The lowest BCUT2D eigenvalue weighted by Gasteiger charge is -2.01. The van der Waals surface area contributed by atoms with Crippen molar-refractivity contribution in [3.05, 3.63) is 0 Å². The quantitative estimate of drug-likeness (QED) is 0.479. The Morgan fingerprint density at radius 2 is 1.86 bits per heavy atom. The highest BCUT2D eigenvalue weighted by atomic mass is 32.2. The van der Waals surface area contributed by atoms with Crippen LogP contribution in [0.5, 0.6) is 0 Å². The maximum atomic E-state index is 10.9. The molecular formula is C9H18O4S. The molecule has 0 unspecified atom stereocenters. The van der Waals surface area contributed by atoms with E-state index in [-0.39, 0.29) is 11.7 Å². The summed E-state index contributed by atoms with van der Waals surface area (Å²) < 4.78 is 26.2. The summed E-state index contributed by atoms with van der Waals surface area (Å²) in [6.45, 7) is 2.17. The Labute approximate surface area is 85.6 Å². The Balaban J connectivity index is 3.34. The minimum Gasteiger partial charge on any atom is -0.466 e. The fourth-order valence-corrected chi connectivity index (χ4v) is 1.77. The highest BCUT2D eigenvalue weighted by molar-refractivity contribution is 7.90. The molecular weight excluding hydrogens is 204 g/mol. The van der Waals surface area contributed by atoms with Crippen LogP contribution in [-0.2, 0) is 19.4 Å². The summed E-state index contributed by atoms with van der Waals surface area (Å²) in [4.78, 5) is 10.9. The summed E-state index contributed by atoms with van der Waals surface area (Å²) in [5.74, 6) is 0.00221. The summed E-state index contributed by atoms with van der Waals surface area (Å²) in [5.41, 5.74) is 0. The topological polar surface area (TPSA) is 60.4 Å². The summed E-state index contributed by atoms with van der Waals surface area (Å²) >= 11 is 0. The minimum atomic E-state index is -2.85. The Morgan fingerprint density at radius 3 is 2.36 bits per heavy atom. The van der Waals surface area contributed by atoms with E-state index in [1.807, 2.05) is 0 Å². The Kier molecular flexibility index (Phi) is 6.53. The molecule has 0 saturated heterocycles. The first kappa shape index (κ1) is 13.4. The summed E-state index contributed by atoms with van der Waals surface area (Å²) in [5, 5.41) is 0. The van der Waals surface area contributed by atoms with Crippen molar-refractivity contribution in [1.82, 2.24) is 0 Å². The van der Waals surface area contributed by atoms with Gasteiger partial charge in [-0.25, -0.2) is 8.42 Å². The normalized spacial score (nSPS) is 11.3. The van der Waals surface area contributed by atoms with E-state index < -0.39 is 9.84 Å². The maximum Gasteiger partial charge on any atom is 0.305 e. The first-order valence-electron chi connectivity index (χ1n) is 4.79. The van der Waals surface area contributed by atoms with Crippen molar-refractivity contribution in [3.8, 4) is 0 Å². The fraction of sp³-hybridized carbons (Fsp3) is 0.889. The van der Waals surface area contributed by atoms with Crippen molar-refractivity contribution < 1.29 is 17.9 Å². The SMILES string of the molecule is CCOC(=O)CCCCCS(C)(=O)=O. The monoisotopic (exact) mass is 222 g/mol. The van der Waals surface area contributed by atoms with Gasteiger partial charge in [-0.1, -0.05) is 6.42 Å². The first-order valence-corrected chi connectivity index (χ1v) is 6.85. The largest absolute Gasteiger partial charge is 0.466 e. The van der Waals surface area contributed by atoms with Gasteiger partial charge in [0.15, 0.2) is 0 Å². The molecule has 0 aliphatic rings. The van der Waals surface area contributed by atoms with Crippen LogP contribution in [0.25, 0.3) is 0 Å². The smallest absolute Gasteiger partial charge is 0.305 e.